The second-order valence-electron chi connectivity index (χ2n) is 4.04. The molecule has 2 heterocycles. The molecule has 18 heavy (non-hydrogen) atoms. The Hall–Kier alpha value is -2.07. The standard InChI is InChI=1S/C13H10ClN3O/c14-10-4-5-17-12(15-16-13(17)8-10)7-9-2-1-3-11(18)6-9/h1-6,8,18H,7H2. The highest BCUT2D eigenvalue weighted by atomic mass is 35.5. The van der Waals surface area contributed by atoms with Crippen molar-refractivity contribution in [2.45, 2.75) is 6.42 Å². The van der Waals surface area contributed by atoms with Crippen molar-refractivity contribution in [3.8, 4) is 5.75 Å². The topological polar surface area (TPSA) is 50.4 Å². The van der Waals surface area contributed by atoms with Crippen LogP contribution in [0, 0.1) is 0 Å². The first kappa shape index (κ1) is 11.0. The molecule has 0 aliphatic heterocycles. The van der Waals surface area contributed by atoms with E-state index in [1.165, 1.54) is 0 Å². The first-order valence-corrected chi connectivity index (χ1v) is 5.87. The molecule has 0 aliphatic rings. The number of hydrogen-bond donors (Lipinski definition) is 1. The van der Waals surface area contributed by atoms with Crippen LogP contribution in [0.5, 0.6) is 5.75 Å². The molecule has 0 bridgehead atoms. The SMILES string of the molecule is Oc1cccc(Cc2nnc3cc(Cl)ccn23)c1. The number of pyridine rings is 1. The third-order valence-electron chi connectivity index (χ3n) is 2.72. The summed E-state index contributed by atoms with van der Waals surface area (Å²) in [5.74, 6) is 1.07. The van der Waals surface area contributed by atoms with Crippen LogP contribution < -0.4 is 0 Å². The molecule has 90 valence electrons. The maximum Gasteiger partial charge on any atom is 0.162 e. The average Bonchev–Trinajstić information content (AvgIpc) is 2.72. The van der Waals surface area contributed by atoms with E-state index in [2.05, 4.69) is 10.2 Å². The number of hydrogen-bond acceptors (Lipinski definition) is 3. The molecule has 5 heteroatoms. The van der Waals surface area contributed by atoms with Crippen LogP contribution in [0.4, 0.5) is 0 Å². The zero-order valence-corrected chi connectivity index (χ0v) is 10.2. The van der Waals surface area contributed by atoms with Gasteiger partial charge in [0.25, 0.3) is 0 Å². The first-order valence-electron chi connectivity index (χ1n) is 5.49. The summed E-state index contributed by atoms with van der Waals surface area (Å²) < 4.78 is 1.88. The normalized spacial score (nSPS) is 10.9. The monoisotopic (exact) mass is 259 g/mol. The van der Waals surface area contributed by atoms with Gasteiger partial charge in [0.15, 0.2) is 5.65 Å². The summed E-state index contributed by atoms with van der Waals surface area (Å²) in [5, 5.41) is 18.3. The Bertz CT molecular complexity index is 708. The second-order valence-corrected chi connectivity index (χ2v) is 4.47. The molecule has 3 rings (SSSR count). The molecule has 0 saturated carbocycles. The third-order valence-corrected chi connectivity index (χ3v) is 2.95. The summed E-state index contributed by atoms with van der Waals surface area (Å²) in [6.07, 6.45) is 2.45. The molecule has 2 aromatic heterocycles. The number of phenolic OH excluding ortho intramolecular Hbond substituents is 1. The van der Waals surface area contributed by atoms with Crippen LogP contribution in [0.15, 0.2) is 42.6 Å². The molecule has 1 N–H and O–H groups in total. The lowest BCUT2D eigenvalue weighted by Crippen LogP contribution is -1.95. The number of halogens is 1. The second kappa shape index (κ2) is 4.31. The lowest BCUT2D eigenvalue weighted by Gasteiger charge is -2.01. The predicted octanol–water partition coefficient (Wildman–Crippen LogP) is 2.68. The molecule has 0 spiro atoms. The highest BCUT2D eigenvalue weighted by Crippen LogP contribution is 2.16. The quantitative estimate of drug-likeness (QED) is 0.770. The molecule has 0 aliphatic carbocycles. The molecule has 3 aromatic rings. The van der Waals surface area contributed by atoms with Gasteiger partial charge < -0.3 is 5.11 Å². The lowest BCUT2D eigenvalue weighted by atomic mass is 10.1. The maximum absolute atomic E-state index is 9.43. The van der Waals surface area contributed by atoms with Gasteiger partial charge in [0.2, 0.25) is 0 Å². The minimum atomic E-state index is 0.254. The molecular formula is C13H10ClN3O. The van der Waals surface area contributed by atoms with Gasteiger partial charge in [0, 0.05) is 23.7 Å². The summed E-state index contributed by atoms with van der Waals surface area (Å²) in [6.45, 7) is 0. The van der Waals surface area contributed by atoms with E-state index in [1.54, 1.807) is 24.3 Å². The predicted molar refractivity (Wildman–Crippen MR) is 68.9 cm³/mol. The fraction of sp³-hybridized carbons (Fsp3) is 0.0769. The average molecular weight is 260 g/mol. The Morgan fingerprint density at radius 1 is 1.17 bits per heavy atom. The van der Waals surface area contributed by atoms with Crippen molar-refractivity contribution in [1.29, 1.82) is 0 Å². The van der Waals surface area contributed by atoms with Gasteiger partial charge in [0.1, 0.15) is 11.6 Å². The lowest BCUT2D eigenvalue weighted by molar-refractivity contribution is 0.474. The molecule has 0 amide bonds. The first-order chi connectivity index (χ1) is 8.72. The van der Waals surface area contributed by atoms with Crippen molar-refractivity contribution in [3.05, 3.63) is 59.0 Å². The highest BCUT2D eigenvalue weighted by molar-refractivity contribution is 6.30. The Labute approximate surface area is 108 Å². The molecule has 0 atom stereocenters. The van der Waals surface area contributed by atoms with Crippen LogP contribution in [-0.2, 0) is 6.42 Å². The number of rotatable bonds is 2. The van der Waals surface area contributed by atoms with Crippen LogP contribution in [0.3, 0.4) is 0 Å². The fourth-order valence-electron chi connectivity index (χ4n) is 1.89. The van der Waals surface area contributed by atoms with Gasteiger partial charge in [-0.05, 0) is 23.8 Å². The number of phenols is 1. The van der Waals surface area contributed by atoms with Crippen molar-refractivity contribution >= 4 is 17.2 Å². The highest BCUT2D eigenvalue weighted by Gasteiger charge is 2.06. The summed E-state index contributed by atoms with van der Waals surface area (Å²) in [5.41, 5.74) is 1.71. The van der Waals surface area contributed by atoms with E-state index >= 15 is 0 Å². The van der Waals surface area contributed by atoms with E-state index in [1.807, 2.05) is 22.7 Å². The van der Waals surface area contributed by atoms with Crippen molar-refractivity contribution in [3.63, 3.8) is 0 Å². The molecule has 0 saturated heterocycles. The van der Waals surface area contributed by atoms with Crippen LogP contribution in [0.2, 0.25) is 5.02 Å². The van der Waals surface area contributed by atoms with E-state index in [0.29, 0.717) is 11.4 Å². The molecule has 1 aromatic carbocycles. The summed E-state index contributed by atoms with van der Waals surface area (Å²) in [4.78, 5) is 0. The van der Waals surface area contributed by atoms with Crippen LogP contribution in [0.1, 0.15) is 11.4 Å². The van der Waals surface area contributed by atoms with Gasteiger partial charge in [0.05, 0.1) is 0 Å². The number of nitrogens with zero attached hydrogens (tertiary/aromatic N) is 3. The molecule has 4 nitrogen and oxygen atoms in total. The third kappa shape index (κ3) is 2.02. The van der Waals surface area contributed by atoms with Crippen LogP contribution in [-0.4, -0.2) is 19.7 Å². The Morgan fingerprint density at radius 2 is 2.06 bits per heavy atom. The van der Waals surface area contributed by atoms with Crippen LogP contribution in [0.25, 0.3) is 5.65 Å². The van der Waals surface area contributed by atoms with Gasteiger partial charge >= 0.3 is 0 Å². The van der Waals surface area contributed by atoms with Crippen molar-refractivity contribution in [1.82, 2.24) is 14.6 Å². The summed E-state index contributed by atoms with van der Waals surface area (Å²) in [7, 11) is 0. The van der Waals surface area contributed by atoms with Gasteiger partial charge in [-0.25, -0.2) is 0 Å². The van der Waals surface area contributed by atoms with Crippen LogP contribution >= 0.6 is 11.6 Å². The van der Waals surface area contributed by atoms with Crippen molar-refractivity contribution in [2.24, 2.45) is 0 Å². The number of fused-ring (bicyclic) bond motifs is 1. The molecule has 0 unspecified atom stereocenters. The Kier molecular flexibility index (Phi) is 2.64. The fourth-order valence-corrected chi connectivity index (χ4v) is 2.04. The largest absolute Gasteiger partial charge is 0.508 e. The van der Waals surface area contributed by atoms with Crippen molar-refractivity contribution < 1.29 is 5.11 Å². The molecule has 0 fully saturated rings. The van der Waals surface area contributed by atoms with Gasteiger partial charge in [-0.1, -0.05) is 23.7 Å². The van der Waals surface area contributed by atoms with E-state index in [4.69, 9.17) is 11.6 Å². The van der Waals surface area contributed by atoms with Gasteiger partial charge in [-0.15, -0.1) is 10.2 Å². The number of aromatic hydroxyl groups is 1. The Balaban J connectivity index is 2.00. The van der Waals surface area contributed by atoms with E-state index < -0.39 is 0 Å². The summed E-state index contributed by atoms with van der Waals surface area (Å²) in [6, 6.07) is 10.7. The zero-order valence-electron chi connectivity index (χ0n) is 9.42. The maximum atomic E-state index is 9.43. The van der Waals surface area contributed by atoms with E-state index in [9.17, 15) is 5.11 Å². The molecular weight excluding hydrogens is 250 g/mol. The zero-order chi connectivity index (χ0) is 12.5. The molecule has 0 radical (unpaired) electrons. The minimum absolute atomic E-state index is 0.254. The van der Waals surface area contributed by atoms with Gasteiger partial charge in [-0.2, -0.15) is 0 Å². The summed E-state index contributed by atoms with van der Waals surface area (Å²) >= 11 is 5.89. The number of benzene rings is 1. The minimum Gasteiger partial charge on any atom is -0.508 e. The Morgan fingerprint density at radius 3 is 2.89 bits per heavy atom. The van der Waals surface area contributed by atoms with Gasteiger partial charge in [-0.3, -0.25) is 4.40 Å². The number of aromatic nitrogens is 3. The van der Waals surface area contributed by atoms with Crippen molar-refractivity contribution in [2.75, 3.05) is 0 Å². The van der Waals surface area contributed by atoms with E-state index in [-0.39, 0.29) is 5.75 Å². The van der Waals surface area contributed by atoms with E-state index in [0.717, 1.165) is 17.0 Å². The smallest absolute Gasteiger partial charge is 0.162 e.